The van der Waals surface area contributed by atoms with E-state index in [2.05, 4.69) is 27.7 Å². The number of rotatable bonds is 6. The molecule has 2 aromatic heterocycles. The van der Waals surface area contributed by atoms with E-state index in [-0.39, 0.29) is 6.03 Å². The molecular weight excluding hydrogens is 300 g/mol. The van der Waals surface area contributed by atoms with Crippen molar-refractivity contribution in [2.24, 2.45) is 0 Å². The molecule has 0 unspecified atom stereocenters. The van der Waals surface area contributed by atoms with Crippen LogP contribution in [0.25, 0.3) is 0 Å². The maximum atomic E-state index is 11.9. The highest BCUT2D eigenvalue weighted by molar-refractivity contribution is 7.98. The van der Waals surface area contributed by atoms with Crippen molar-refractivity contribution in [1.82, 2.24) is 15.5 Å². The molecule has 0 atom stereocenters. The molecule has 22 heavy (non-hydrogen) atoms. The van der Waals surface area contributed by atoms with Gasteiger partial charge < -0.3 is 9.84 Å². The molecule has 0 aliphatic carbocycles. The number of thioether (sulfide) groups is 1. The second kappa shape index (κ2) is 7.84. The molecule has 2 N–H and O–H groups in total. The summed E-state index contributed by atoms with van der Waals surface area (Å²) in [6, 6.07) is 3.54. The SMILES string of the molecule is CCSCc1ccnc(NC(=O)NCc2c(C)noc2C)c1. The summed E-state index contributed by atoms with van der Waals surface area (Å²) in [6.07, 6.45) is 1.70. The van der Waals surface area contributed by atoms with Crippen molar-refractivity contribution in [3.63, 3.8) is 0 Å². The molecule has 2 rings (SSSR count). The second-order valence-corrected chi connectivity index (χ2v) is 6.07. The number of pyridine rings is 1. The van der Waals surface area contributed by atoms with Gasteiger partial charge in [0.15, 0.2) is 0 Å². The fraction of sp³-hybridized carbons (Fsp3) is 0.400. The number of hydrogen-bond donors (Lipinski definition) is 2. The third-order valence-corrected chi connectivity index (χ3v) is 4.09. The summed E-state index contributed by atoms with van der Waals surface area (Å²) in [5.41, 5.74) is 2.83. The van der Waals surface area contributed by atoms with Crippen molar-refractivity contribution in [3.8, 4) is 0 Å². The van der Waals surface area contributed by atoms with Crippen LogP contribution < -0.4 is 10.6 Å². The van der Waals surface area contributed by atoms with Crippen LogP contribution in [-0.2, 0) is 12.3 Å². The number of amides is 2. The first-order valence-corrected chi connectivity index (χ1v) is 8.25. The average molecular weight is 320 g/mol. The third kappa shape index (κ3) is 4.49. The van der Waals surface area contributed by atoms with Crippen LogP contribution in [0.2, 0.25) is 0 Å². The van der Waals surface area contributed by atoms with Gasteiger partial charge in [0.05, 0.1) is 5.69 Å². The zero-order valence-corrected chi connectivity index (χ0v) is 13.8. The van der Waals surface area contributed by atoms with Gasteiger partial charge in [0, 0.05) is 24.1 Å². The van der Waals surface area contributed by atoms with Gasteiger partial charge >= 0.3 is 6.03 Å². The Bertz CT molecular complexity index is 623. The molecule has 0 saturated heterocycles. The van der Waals surface area contributed by atoms with Crippen molar-refractivity contribution in [1.29, 1.82) is 0 Å². The fourth-order valence-electron chi connectivity index (χ4n) is 1.94. The molecule has 0 bridgehead atoms. The van der Waals surface area contributed by atoms with Gasteiger partial charge in [-0.25, -0.2) is 9.78 Å². The van der Waals surface area contributed by atoms with E-state index in [4.69, 9.17) is 4.52 Å². The predicted molar refractivity (Wildman–Crippen MR) is 87.9 cm³/mol. The van der Waals surface area contributed by atoms with Crippen LogP contribution in [0.3, 0.4) is 0 Å². The minimum Gasteiger partial charge on any atom is -0.361 e. The van der Waals surface area contributed by atoms with Crippen LogP contribution in [0, 0.1) is 13.8 Å². The van der Waals surface area contributed by atoms with Crippen molar-refractivity contribution in [3.05, 3.63) is 40.9 Å². The van der Waals surface area contributed by atoms with Gasteiger partial charge in [-0.05, 0) is 37.3 Å². The molecule has 118 valence electrons. The minimum atomic E-state index is -0.298. The first-order valence-electron chi connectivity index (χ1n) is 7.09. The molecule has 2 aromatic rings. The Morgan fingerprint density at radius 2 is 2.23 bits per heavy atom. The van der Waals surface area contributed by atoms with E-state index in [0.717, 1.165) is 34.1 Å². The fourth-order valence-corrected chi connectivity index (χ4v) is 2.56. The molecule has 6 nitrogen and oxygen atoms in total. The number of carbonyl (C=O) groups is 1. The zero-order valence-electron chi connectivity index (χ0n) is 13.0. The van der Waals surface area contributed by atoms with Gasteiger partial charge in [0.25, 0.3) is 0 Å². The Labute approximate surface area is 134 Å². The van der Waals surface area contributed by atoms with Crippen LogP contribution in [-0.4, -0.2) is 21.9 Å². The largest absolute Gasteiger partial charge is 0.361 e. The van der Waals surface area contributed by atoms with Crippen molar-refractivity contribution < 1.29 is 9.32 Å². The normalized spacial score (nSPS) is 10.5. The maximum absolute atomic E-state index is 11.9. The molecule has 0 aromatic carbocycles. The van der Waals surface area contributed by atoms with Gasteiger partial charge in [-0.2, -0.15) is 11.8 Å². The molecule has 2 heterocycles. The number of nitrogens with zero attached hydrogens (tertiary/aromatic N) is 2. The number of aromatic nitrogens is 2. The van der Waals surface area contributed by atoms with Crippen LogP contribution in [0.15, 0.2) is 22.9 Å². The van der Waals surface area contributed by atoms with Crippen LogP contribution in [0.4, 0.5) is 10.6 Å². The minimum absolute atomic E-state index is 0.298. The summed E-state index contributed by atoms with van der Waals surface area (Å²) in [4.78, 5) is 16.1. The van der Waals surface area contributed by atoms with E-state index in [1.54, 1.807) is 6.20 Å². The summed E-state index contributed by atoms with van der Waals surface area (Å²) in [7, 11) is 0. The Hall–Kier alpha value is -2.02. The zero-order chi connectivity index (χ0) is 15.9. The molecule has 0 fully saturated rings. The number of urea groups is 1. The predicted octanol–water partition coefficient (Wildman–Crippen LogP) is 3.26. The molecule has 7 heteroatoms. The average Bonchev–Trinajstić information content (AvgIpc) is 2.82. The lowest BCUT2D eigenvalue weighted by Crippen LogP contribution is -2.28. The van der Waals surface area contributed by atoms with E-state index in [0.29, 0.717) is 12.4 Å². The number of hydrogen-bond acceptors (Lipinski definition) is 5. The Balaban J connectivity index is 1.89. The number of nitrogens with one attached hydrogen (secondary N) is 2. The quantitative estimate of drug-likeness (QED) is 0.854. The van der Waals surface area contributed by atoms with Gasteiger partial charge in [-0.1, -0.05) is 12.1 Å². The molecule has 0 radical (unpaired) electrons. The molecule has 0 spiro atoms. The van der Waals surface area contributed by atoms with E-state index in [1.165, 1.54) is 0 Å². The Morgan fingerprint density at radius 3 is 2.91 bits per heavy atom. The standard InChI is InChI=1S/C15H20N4O2S/c1-4-22-9-12-5-6-16-14(7-12)18-15(20)17-8-13-10(2)19-21-11(13)3/h5-7H,4,8-9H2,1-3H3,(H2,16,17,18,20). The number of anilines is 1. The molecule has 0 saturated carbocycles. The summed E-state index contributed by atoms with van der Waals surface area (Å²) >= 11 is 1.83. The Morgan fingerprint density at radius 1 is 1.41 bits per heavy atom. The lowest BCUT2D eigenvalue weighted by molar-refractivity contribution is 0.251. The van der Waals surface area contributed by atoms with Gasteiger partial charge in [0.1, 0.15) is 11.6 Å². The first-order chi connectivity index (χ1) is 10.6. The van der Waals surface area contributed by atoms with E-state index < -0.39 is 0 Å². The summed E-state index contributed by atoms with van der Waals surface area (Å²) < 4.78 is 5.06. The van der Waals surface area contributed by atoms with Gasteiger partial charge in [-0.15, -0.1) is 0 Å². The van der Waals surface area contributed by atoms with Crippen LogP contribution >= 0.6 is 11.8 Å². The molecular formula is C15H20N4O2S. The lowest BCUT2D eigenvalue weighted by atomic mass is 10.2. The van der Waals surface area contributed by atoms with Crippen molar-refractivity contribution in [2.45, 2.75) is 33.1 Å². The van der Waals surface area contributed by atoms with Crippen molar-refractivity contribution in [2.75, 3.05) is 11.1 Å². The number of aryl methyl sites for hydroxylation is 2. The molecule has 2 amide bonds. The first kappa shape index (κ1) is 16.4. The van der Waals surface area contributed by atoms with Gasteiger partial charge in [0.2, 0.25) is 0 Å². The monoisotopic (exact) mass is 320 g/mol. The maximum Gasteiger partial charge on any atom is 0.320 e. The summed E-state index contributed by atoms with van der Waals surface area (Å²) in [5.74, 6) is 3.23. The second-order valence-electron chi connectivity index (χ2n) is 4.80. The summed E-state index contributed by atoms with van der Waals surface area (Å²) in [5, 5.41) is 9.38. The van der Waals surface area contributed by atoms with E-state index in [1.807, 2.05) is 37.7 Å². The third-order valence-electron chi connectivity index (χ3n) is 3.15. The molecule has 0 aliphatic rings. The highest BCUT2D eigenvalue weighted by Crippen LogP contribution is 2.14. The Kier molecular flexibility index (Phi) is 5.83. The van der Waals surface area contributed by atoms with Gasteiger partial charge in [-0.3, -0.25) is 5.32 Å². The smallest absolute Gasteiger partial charge is 0.320 e. The number of carbonyl (C=O) groups excluding carboxylic acids is 1. The van der Waals surface area contributed by atoms with E-state index in [9.17, 15) is 4.79 Å². The van der Waals surface area contributed by atoms with Crippen LogP contribution in [0.5, 0.6) is 0 Å². The highest BCUT2D eigenvalue weighted by atomic mass is 32.2. The van der Waals surface area contributed by atoms with Crippen molar-refractivity contribution >= 4 is 23.6 Å². The lowest BCUT2D eigenvalue weighted by Gasteiger charge is -2.08. The van der Waals surface area contributed by atoms with Crippen LogP contribution in [0.1, 0.15) is 29.5 Å². The molecule has 0 aliphatic heterocycles. The summed E-state index contributed by atoms with van der Waals surface area (Å²) in [6.45, 7) is 6.17. The topological polar surface area (TPSA) is 80.0 Å². The van der Waals surface area contributed by atoms with E-state index >= 15 is 0 Å². The highest BCUT2D eigenvalue weighted by Gasteiger charge is 2.10.